The number of ether oxygens (including phenoxy) is 1. The van der Waals surface area contributed by atoms with E-state index in [4.69, 9.17) is 16.3 Å². The van der Waals surface area contributed by atoms with Gasteiger partial charge in [-0.2, -0.15) is 0 Å². The third kappa shape index (κ3) is 3.11. The number of halogens is 3. The molecule has 2 rings (SSSR count). The number of nitrogens with zero attached hydrogens (tertiary/aromatic N) is 2. The van der Waals surface area contributed by atoms with E-state index in [1.165, 1.54) is 10.6 Å². The topological polar surface area (TPSA) is 44.1 Å². The van der Waals surface area contributed by atoms with E-state index in [0.717, 1.165) is 0 Å². The van der Waals surface area contributed by atoms with Gasteiger partial charge < -0.3 is 4.74 Å². The number of carbonyl (C=O) groups is 1. The number of benzene rings is 1. The van der Waals surface area contributed by atoms with E-state index in [1.54, 1.807) is 19.1 Å². The molecule has 0 saturated carbocycles. The molecule has 2 aromatic rings. The molecule has 0 aliphatic heterocycles. The molecular weight excluding hydrogens is 363 g/mol. The van der Waals surface area contributed by atoms with Gasteiger partial charge in [0.15, 0.2) is 5.69 Å². The zero-order valence-electron chi connectivity index (χ0n) is 11.5. The van der Waals surface area contributed by atoms with E-state index in [9.17, 15) is 9.18 Å². The molecular formula is C14H13BrClFN2O2. The van der Waals surface area contributed by atoms with E-state index in [0.29, 0.717) is 16.7 Å². The Labute approximate surface area is 135 Å². The molecule has 0 aliphatic rings. The maximum Gasteiger partial charge on any atom is 0.360 e. The molecule has 4 nitrogen and oxygen atoms in total. The molecule has 21 heavy (non-hydrogen) atoms. The van der Waals surface area contributed by atoms with E-state index < -0.39 is 11.8 Å². The summed E-state index contributed by atoms with van der Waals surface area (Å²) in [6.07, 6.45) is 0.495. The average molecular weight is 376 g/mol. The van der Waals surface area contributed by atoms with Crippen LogP contribution in [0.15, 0.2) is 22.7 Å². The Bertz CT molecular complexity index is 688. The van der Waals surface area contributed by atoms with Crippen molar-refractivity contribution in [3.05, 3.63) is 45.2 Å². The van der Waals surface area contributed by atoms with E-state index >= 15 is 0 Å². The molecule has 7 heteroatoms. The molecule has 0 unspecified atom stereocenters. The first-order valence-electron chi connectivity index (χ1n) is 6.39. The Kier molecular flexibility index (Phi) is 5.00. The van der Waals surface area contributed by atoms with Crippen LogP contribution in [0.25, 0.3) is 5.69 Å². The van der Waals surface area contributed by atoms with Crippen LogP contribution in [0.1, 0.15) is 30.2 Å². The fourth-order valence-corrected chi connectivity index (χ4v) is 2.56. The molecule has 1 heterocycles. The summed E-state index contributed by atoms with van der Waals surface area (Å²) >= 11 is 9.41. The number of carbonyl (C=O) groups excluding carboxylic acids is 1. The Balaban J connectivity index is 2.60. The Hall–Kier alpha value is -1.40. The highest BCUT2D eigenvalue weighted by atomic mass is 79.9. The number of esters is 1. The first-order valence-corrected chi connectivity index (χ1v) is 7.56. The van der Waals surface area contributed by atoms with Gasteiger partial charge in [-0.05, 0) is 25.1 Å². The fraction of sp³-hybridized carbons (Fsp3) is 0.286. The summed E-state index contributed by atoms with van der Waals surface area (Å²) in [5.74, 6) is -0.591. The lowest BCUT2D eigenvalue weighted by Gasteiger charge is -2.09. The van der Waals surface area contributed by atoms with Crippen LogP contribution in [0.5, 0.6) is 0 Å². The zero-order valence-corrected chi connectivity index (χ0v) is 13.8. The third-order valence-electron chi connectivity index (χ3n) is 2.83. The van der Waals surface area contributed by atoms with Gasteiger partial charge in [0.1, 0.15) is 16.8 Å². The minimum absolute atomic E-state index is 0.00214. The number of hydrogen-bond donors (Lipinski definition) is 0. The first kappa shape index (κ1) is 16.0. The summed E-state index contributed by atoms with van der Waals surface area (Å²) in [5.41, 5.74) is 0.237. The quantitative estimate of drug-likeness (QED) is 0.754. The standard InChI is InChI=1S/C14H13BrClFN2O2/c1-3-11-18-12(14(20)21-4-2)13(16)19(11)10-6-5-8(15)7-9(10)17/h5-7H,3-4H2,1-2H3. The van der Waals surface area contributed by atoms with Crippen molar-refractivity contribution in [2.24, 2.45) is 0 Å². The zero-order chi connectivity index (χ0) is 15.6. The van der Waals surface area contributed by atoms with Crippen molar-refractivity contribution in [2.45, 2.75) is 20.3 Å². The third-order valence-corrected chi connectivity index (χ3v) is 3.67. The summed E-state index contributed by atoms with van der Waals surface area (Å²) in [6.45, 7) is 3.76. The van der Waals surface area contributed by atoms with Gasteiger partial charge in [0.2, 0.25) is 0 Å². The largest absolute Gasteiger partial charge is 0.461 e. The van der Waals surface area contributed by atoms with Crippen LogP contribution in [0.3, 0.4) is 0 Å². The Morgan fingerprint density at radius 3 is 2.76 bits per heavy atom. The van der Waals surface area contributed by atoms with E-state index in [-0.39, 0.29) is 23.1 Å². The molecule has 112 valence electrons. The number of hydrogen-bond acceptors (Lipinski definition) is 3. The highest BCUT2D eigenvalue weighted by Gasteiger charge is 2.23. The van der Waals surface area contributed by atoms with Crippen molar-refractivity contribution in [2.75, 3.05) is 6.61 Å². The van der Waals surface area contributed by atoms with Crippen molar-refractivity contribution in [1.82, 2.24) is 9.55 Å². The van der Waals surface area contributed by atoms with Crippen molar-refractivity contribution >= 4 is 33.5 Å². The Morgan fingerprint density at radius 1 is 1.48 bits per heavy atom. The minimum atomic E-state index is -0.617. The summed E-state index contributed by atoms with van der Waals surface area (Å²) in [6, 6.07) is 4.59. The number of imidazole rings is 1. The van der Waals surface area contributed by atoms with Crippen LogP contribution in [0, 0.1) is 5.82 Å². The molecule has 0 fully saturated rings. The van der Waals surface area contributed by atoms with Crippen LogP contribution in [-0.4, -0.2) is 22.1 Å². The van der Waals surface area contributed by atoms with Crippen molar-refractivity contribution in [3.8, 4) is 5.69 Å². The minimum Gasteiger partial charge on any atom is -0.461 e. The molecule has 0 bridgehead atoms. The fourth-order valence-electron chi connectivity index (χ4n) is 1.92. The molecule has 0 saturated heterocycles. The van der Waals surface area contributed by atoms with E-state index in [1.807, 2.05) is 6.92 Å². The summed E-state index contributed by atoms with van der Waals surface area (Å²) in [7, 11) is 0. The molecule has 0 atom stereocenters. The normalized spacial score (nSPS) is 10.7. The van der Waals surface area contributed by atoms with Crippen LogP contribution in [-0.2, 0) is 11.2 Å². The van der Waals surface area contributed by atoms with Gasteiger partial charge in [0, 0.05) is 10.9 Å². The number of rotatable bonds is 4. The highest BCUT2D eigenvalue weighted by Crippen LogP contribution is 2.27. The summed E-state index contributed by atoms with van der Waals surface area (Å²) < 4.78 is 21.1. The Morgan fingerprint density at radius 2 is 2.19 bits per heavy atom. The van der Waals surface area contributed by atoms with Crippen LogP contribution >= 0.6 is 27.5 Å². The molecule has 1 aromatic heterocycles. The van der Waals surface area contributed by atoms with Crippen LogP contribution in [0.4, 0.5) is 4.39 Å². The number of aromatic nitrogens is 2. The van der Waals surface area contributed by atoms with Crippen LogP contribution in [0.2, 0.25) is 5.15 Å². The SMILES string of the molecule is CCOC(=O)c1nc(CC)n(-c2ccc(Br)cc2F)c1Cl. The monoisotopic (exact) mass is 374 g/mol. The first-order chi connectivity index (χ1) is 9.99. The molecule has 0 spiro atoms. The smallest absolute Gasteiger partial charge is 0.360 e. The second-order valence-corrected chi connectivity index (χ2v) is 5.45. The number of aryl methyl sites for hydroxylation is 1. The van der Waals surface area contributed by atoms with Gasteiger partial charge in [0.25, 0.3) is 0 Å². The molecule has 1 aromatic carbocycles. The lowest BCUT2D eigenvalue weighted by Crippen LogP contribution is -2.06. The van der Waals surface area contributed by atoms with Crippen molar-refractivity contribution in [1.29, 1.82) is 0 Å². The molecule has 0 N–H and O–H groups in total. The summed E-state index contributed by atoms with van der Waals surface area (Å²) in [5, 5.41) is 0.0477. The lowest BCUT2D eigenvalue weighted by atomic mass is 10.3. The van der Waals surface area contributed by atoms with Crippen molar-refractivity contribution in [3.63, 3.8) is 0 Å². The molecule has 0 radical (unpaired) electrons. The van der Waals surface area contributed by atoms with E-state index in [2.05, 4.69) is 20.9 Å². The van der Waals surface area contributed by atoms with Gasteiger partial charge in [-0.3, -0.25) is 4.57 Å². The average Bonchev–Trinajstić information content (AvgIpc) is 2.76. The molecule has 0 aliphatic carbocycles. The van der Waals surface area contributed by atoms with Gasteiger partial charge in [-0.15, -0.1) is 0 Å². The van der Waals surface area contributed by atoms with Gasteiger partial charge in [0.05, 0.1) is 12.3 Å². The second-order valence-electron chi connectivity index (χ2n) is 4.17. The van der Waals surface area contributed by atoms with Crippen molar-refractivity contribution < 1.29 is 13.9 Å². The maximum absolute atomic E-state index is 14.1. The predicted octanol–water partition coefficient (Wildman–Crippen LogP) is 4.17. The summed E-state index contributed by atoms with van der Waals surface area (Å²) in [4.78, 5) is 16.0. The van der Waals surface area contributed by atoms with Gasteiger partial charge in [-0.25, -0.2) is 14.2 Å². The van der Waals surface area contributed by atoms with Crippen LogP contribution < -0.4 is 0 Å². The molecule has 0 amide bonds. The lowest BCUT2D eigenvalue weighted by molar-refractivity contribution is 0.0520. The van der Waals surface area contributed by atoms with Gasteiger partial charge >= 0.3 is 5.97 Å². The van der Waals surface area contributed by atoms with Gasteiger partial charge in [-0.1, -0.05) is 34.5 Å². The second kappa shape index (κ2) is 6.58. The maximum atomic E-state index is 14.1. The predicted molar refractivity (Wildman–Crippen MR) is 81.6 cm³/mol. The highest BCUT2D eigenvalue weighted by molar-refractivity contribution is 9.10.